The number of anilines is 3. The van der Waals surface area contributed by atoms with Crippen molar-refractivity contribution in [2.45, 2.75) is 19.3 Å². The number of rotatable bonds is 4. The number of hydrogen-bond acceptors (Lipinski definition) is 4. The smallest absolute Gasteiger partial charge is 0.144 e. The average Bonchev–Trinajstić information content (AvgIpc) is 3.96. The summed E-state index contributed by atoms with van der Waals surface area (Å²) in [6.07, 6.45) is 0. The van der Waals surface area contributed by atoms with Crippen LogP contribution in [0.4, 0.5) is 17.1 Å². The van der Waals surface area contributed by atoms with Crippen molar-refractivity contribution in [3.8, 4) is 22.3 Å². The Morgan fingerprint density at radius 1 is 0.491 bits per heavy atom. The first kappa shape index (κ1) is 30.8. The molecule has 0 unspecified atom stereocenters. The Hall–Kier alpha value is -6.62. The summed E-state index contributed by atoms with van der Waals surface area (Å²) < 4.78 is 16.1. The minimum atomic E-state index is -0.130. The monoisotopic (exact) mass is 723 g/mol. The highest BCUT2D eigenvalue weighted by molar-refractivity contribution is 7.26. The summed E-state index contributed by atoms with van der Waals surface area (Å²) in [5.74, 6) is 0. The fourth-order valence-corrected chi connectivity index (χ4v) is 10.5. The Morgan fingerprint density at radius 2 is 1.22 bits per heavy atom. The number of furan rings is 2. The summed E-state index contributed by atoms with van der Waals surface area (Å²) in [4.78, 5) is 2.43. The SMILES string of the molecule is CC1(C)c2ccccc2-c2ccc(N(c3ccc4c(c3)oc3c(-c5ccccc5)c5c(cc34)oc3ccccc35)c3cccc4c3sc3ccccc34)cc21. The molecule has 3 heterocycles. The zero-order valence-corrected chi connectivity index (χ0v) is 31.1. The molecule has 0 spiro atoms. The molecular weight excluding hydrogens is 691 g/mol. The van der Waals surface area contributed by atoms with Crippen molar-refractivity contribution in [1.29, 1.82) is 0 Å². The van der Waals surface area contributed by atoms with Gasteiger partial charge in [0.05, 0.1) is 10.4 Å². The fraction of sp³-hybridized carbons (Fsp3) is 0.0588. The lowest BCUT2D eigenvalue weighted by Crippen LogP contribution is -2.16. The molecule has 0 fully saturated rings. The van der Waals surface area contributed by atoms with E-state index in [9.17, 15) is 0 Å². The van der Waals surface area contributed by atoms with Gasteiger partial charge in [0.1, 0.15) is 22.3 Å². The van der Waals surface area contributed by atoms with Gasteiger partial charge in [-0.3, -0.25) is 0 Å². The Morgan fingerprint density at radius 3 is 2.13 bits per heavy atom. The first-order chi connectivity index (χ1) is 27.0. The van der Waals surface area contributed by atoms with Crippen LogP contribution in [0.15, 0.2) is 173 Å². The molecule has 0 aliphatic heterocycles. The Balaban J connectivity index is 1.13. The summed E-state index contributed by atoms with van der Waals surface area (Å²) in [7, 11) is 0. The number of fused-ring (bicyclic) bond motifs is 12. The lowest BCUT2D eigenvalue weighted by molar-refractivity contribution is 0.660. The molecule has 260 valence electrons. The van der Waals surface area contributed by atoms with E-state index in [4.69, 9.17) is 8.83 Å². The zero-order chi connectivity index (χ0) is 36.4. The van der Waals surface area contributed by atoms with Crippen LogP contribution < -0.4 is 4.90 Å². The molecule has 1 aliphatic carbocycles. The lowest BCUT2D eigenvalue weighted by atomic mass is 9.82. The second-order valence-corrected chi connectivity index (χ2v) is 16.3. The number of thiophene rings is 1. The highest BCUT2D eigenvalue weighted by atomic mass is 32.1. The van der Waals surface area contributed by atoms with Crippen LogP contribution in [0.2, 0.25) is 0 Å². The molecule has 0 N–H and O–H groups in total. The minimum Gasteiger partial charge on any atom is -0.456 e. The molecule has 0 saturated heterocycles. The van der Waals surface area contributed by atoms with E-state index in [0.717, 1.165) is 72.1 Å². The van der Waals surface area contributed by atoms with E-state index in [-0.39, 0.29) is 5.41 Å². The van der Waals surface area contributed by atoms with Gasteiger partial charge in [0, 0.05) is 65.4 Å². The molecule has 0 amide bonds. The van der Waals surface area contributed by atoms with Gasteiger partial charge in [0.25, 0.3) is 0 Å². The summed E-state index contributed by atoms with van der Waals surface area (Å²) in [5.41, 5.74) is 14.1. The molecule has 0 saturated carbocycles. The quantitative estimate of drug-likeness (QED) is 0.181. The number of benzene rings is 8. The first-order valence-electron chi connectivity index (χ1n) is 18.8. The Labute approximate surface area is 321 Å². The third kappa shape index (κ3) is 4.31. The predicted molar refractivity (Wildman–Crippen MR) is 232 cm³/mol. The molecule has 0 atom stereocenters. The third-order valence-electron chi connectivity index (χ3n) is 11.9. The normalized spacial score (nSPS) is 13.4. The lowest BCUT2D eigenvalue weighted by Gasteiger charge is -2.28. The van der Waals surface area contributed by atoms with Crippen LogP contribution in [-0.2, 0) is 5.41 Å². The van der Waals surface area contributed by atoms with Crippen LogP contribution in [0.1, 0.15) is 25.0 Å². The summed E-state index contributed by atoms with van der Waals surface area (Å²) >= 11 is 1.86. The van der Waals surface area contributed by atoms with Crippen LogP contribution in [0.5, 0.6) is 0 Å². The standard InChI is InChI=1S/C51H33NO2S/c1-51(2)40-19-9-6-15-33(40)34-25-23-31(27-41(34)51)52(42-20-12-18-37-36-16-8-11-22-46(36)55-50(37)42)32-24-26-35-39-29-45-48(38-17-7-10-21-43(38)53-45)47(30-13-4-3-5-14-30)49(39)54-44(35)28-32/h3-29H,1-2H3. The van der Waals surface area contributed by atoms with E-state index in [2.05, 4.69) is 170 Å². The summed E-state index contributed by atoms with van der Waals surface area (Å²) in [5, 5.41) is 6.82. The van der Waals surface area contributed by atoms with Gasteiger partial charge < -0.3 is 13.7 Å². The van der Waals surface area contributed by atoms with E-state index < -0.39 is 0 Å². The van der Waals surface area contributed by atoms with E-state index in [0.29, 0.717) is 0 Å². The van der Waals surface area contributed by atoms with Crippen LogP contribution in [-0.4, -0.2) is 0 Å². The van der Waals surface area contributed by atoms with Crippen molar-refractivity contribution in [2.75, 3.05) is 4.90 Å². The van der Waals surface area contributed by atoms with Crippen LogP contribution >= 0.6 is 11.3 Å². The minimum absolute atomic E-state index is 0.130. The van der Waals surface area contributed by atoms with E-state index in [1.165, 1.54) is 42.4 Å². The van der Waals surface area contributed by atoms with Crippen LogP contribution in [0.3, 0.4) is 0 Å². The van der Waals surface area contributed by atoms with Gasteiger partial charge in [0.15, 0.2) is 0 Å². The molecule has 1 aliphatic rings. The number of nitrogens with zero attached hydrogens (tertiary/aromatic N) is 1. The molecule has 3 aromatic heterocycles. The maximum Gasteiger partial charge on any atom is 0.144 e. The van der Waals surface area contributed by atoms with Crippen molar-refractivity contribution in [3.05, 3.63) is 175 Å². The predicted octanol–water partition coefficient (Wildman–Crippen LogP) is 15.3. The van der Waals surface area contributed by atoms with Gasteiger partial charge in [0.2, 0.25) is 0 Å². The second-order valence-electron chi connectivity index (χ2n) is 15.2. The Kier molecular flexibility index (Phi) is 6.27. The van der Waals surface area contributed by atoms with Crippen molar-refractivity contribution < 1.29 is 8.83 Å². The molecule has 4 heteroatoms. The molecule has 11 aromatic rings. The maximum absolute atomic E-state index is 7.05. The van der Waals surface area contributed by atoms with Crippen molar-refractivity contribution in [3.63, 3.8) is 0 Å². The molecule has 55 heavy (non-hydrogen) atoms. The first-order valence-corrected chi connectivity index (χ1v) is 19.7. The third-order valence-corrected chi connectivity index (χ3v) is 13.1. The van der Waals surface area contributed by atoms with E-state index in [1.807, 2.05) is 23.5 Å². The van der Waals surface area contributed by atoms with Gasteiger partial charge >= 0.3 is 0 Å². The van der Waals surface area contributed by atoms with Crippen LogP contribution in [0.25, 0.3) is 86.3 Å². The molecule has 8 aromatic carbocycles. The Bertz CT molecular complexity index is 3360. The van der Waals surface area contributed by atoms with Gasteiger partial charge in [-0.25, -0.2) is 0 Å². The van der Waals surface area contributed by atoms with Gasteiger partial charge in [-0.05, 0) is 76.3 Å². The topological polar surface area (TPSA) is 29.5 Å². The highest BCUT2D eigenvalue weighted by Crippen LogP contribution is 2.52. The largest absolute Gasteiger partial charge is 0.456 e. The second kappa shape index (κ2) is 11.2. The van der Waals surface area contributed by atoms with E-state index in [1.54, 1.807) is 0 Å². The van der Waals surface area contributed by atoms with Gasteiger partial charge in [-0.1, -0.05) is 123 Å². The molecular formula is C51H33NO2S. The number of hydrogen-bond donors (Lipinski definition) is 0. The average molecular weight is 724 g/mol. The van der Waals surface area contributed by atoms with Crippen molar-refractivity contribution >= 4 is 92.4 Å². The molecule has 0 radical (unpaired) electrons. The summed E-state index contributed by atoms with van der Waals surface area (Å²) in [6.45, 7) is 4.70. The fourth-order valence-electron chi connectivity index (χ4n) is 9.29. The van der Waals surface area contributed by atoms with Gasteiger partial charge in [-0.2, -0.15) is 0 Å². The van der Waals surface area contributed by atoms with E-state index >= 15 is 0 Å². The van der Waals surface area contributed by atoms with Gasteiger partial charge in [-0.15, -0.1) is 11.3 Å². The van der Waals surface area contributed by atoms with Crippen LogP contribution in [0, 0.1) is 0 Å². The molecule has 3 nitrogen and oxygen atoms in total. The molecule has 12 rings (SSSR count). The maximum atomic E-state index is 7.05. The zero-order valence-electron chi connectivity index (χ0n) is 30.3. The van der Waals surface area contributed by atoms with Crippen molar-refractivity contribution in [2.24, 2.45) is 0 Å². The number of para-hydroxylation sites is 1. The van der Waals surface area contributed by atoms with Crippen molar-refractivity contribution in [1.82, 2.24) is 0 Å². The summed E-state index contributed by atoms with van der Waals surface area (Å²) in [6, 6.07) is 59.1. The highest BCUT2D eigenvalue weighted by Gasteiger charge is 2.36. The molecule has 0 bridgehead atoms.